The molecule has 1 aliphatic heterocycles. The monoisotopic (exact) mass is 479 g/mol. The Balaban J connectivity index is 1.55. The maximum absolute atomic E-state index is 12.4. The van der Waals surface area contributed by atoms with Crippen LogP contribution in [0.3, 0.4) is 0 Å². The lowest BCUT2D eigenvalue weighted by Gasteiger charge is -2.25. The van der Waals surface area contributed by atoms with Crippen LogP contribution in [-0.2, 0) is 4.79 Å². The molecule has 10 heteroatoms. The first-order valence-corrected chi connectivity index (χ1v) is 12.6. The fraction of sp³-hybridized carbons (Fsp3) is 0.375. The van der Waals surface area contributed by atoms with Crippen LogP contribution in [0.1, 0.15) is 28.8 Å². The zero-order valence-corrected chi connectivity index (χ0v) is 20.4. The fourth-order valence-electron chi connectivity index (χ4n) is 4.23. The van der Waals surface area contributed by atoms with E-state index in [0.717, 1.165) is 28.0 Å². The first kappa shape index (κ1) is 23.7. The number of hydrogen-bond donors (Lipinski definition) is 3. The van der Waals surface area contributed by atoms with Crippen molar-refractivity contribution >= 4 is 46.1 Å². The van der Waals surface area contributed by atoms with Gasteiger partial charge in [0.1, 0.15) is 24.5 Å². The highest BCUT2D eigenvalue weighted by Gasteiger charge is 2.23. The SMILES string of the molecule is CNC(=O)c1ccnc2c(C(C)C(CNc3cc(N4CNC(=O)C4)ncn3)CSC)cccc12. The van der Waals surface area contributed by atoms with Gasteiger partial charge in [-0.3, -0.25) is 14.6 Å². The second-order valence-corrected chi connectivity index (χ2v) is 9.19. The summed E-state index contributed by atoms with van der Waals surface area (Å²) in [4.78, 5) is 39.1. The zero-order chi connectivity index (χ0) is 24.1. The average Bonchev–Trinajstić information content (AvgIpc) is 3.31. The summed E-state index contributed by atoms with van der Waals surface area (Å²) in [5.74, 6) is 2.74. The third-order valence-electron chi connectivity index (χ3n) is 6.18. The van der Waals surface area contributed by atoms with Crippen LogP contribution in [0.25, 0.3) is 10.9 Å². The molecule has 2 unspecified atom stereocenters. The first-order chi connectivity index (χ1) is 16.5. The predicted molar refractivity (Wildman–Crippen MR) is 136 cm³/mol. The largest absolute Gasteiger partial charge is 0.370 e. The maximum Gasteiger partial charge on any atom is 0.251 e. The third-order valence-corrected chi connectivity index (χ3v) is 6.94. The number of benzene rings is 1. The lowest BCUT2D eigenvalue weighted by atomic mass is 9.86. The van der Waals surface area contributed by atoms with Gasteiger partial charge in [-0.1, -0.05) is 25.1 Å². The number of amides is 2. The number of para-hydroxylation sites is 1. The predicted octanol–water partition coefficient (Wildman–Crippen LogP) is 2.47. The van der Waals surface area contributed by atoms with Crippen molar-refractivity contribution in [1.82, 2.24) is 25.6 Å². The minimum Gasteiger partial charge on any atom is -0.370 e. The number of thioether (sulfide) groups is 1. The molecule has 4 rings (SSSR count). The van der Waals surface area contributed by atoms with Gasteiger partial charge in [0, 0.05) is 31.2 Å². The molecule has 34 heavy (non-hydrogen) atoms. The van der Waals surface area contributed by atoms with Crippen LogP contribution in [0.15, 0.2) is 42.9 Å². The van der Waals surface area contributed by atoms with E-state index in [2.05, 4.69) is 50.1 Å². The van der Waals surface area contributed by atoms with E-state index in [4.69, 9.17) is 0 Å². The Labute approximate surface area is 203 Å². The Kier molecular flexibility index (Phi) is 7.46. The van der Waals surface area contributed by atoms with Gasteiger partial charge in [0.2, 0.25) is 5.91 Å². The Morgan fingerprint density at radius 2 is 2.12 bits per heavy atom. The fourth-order valence-corrected chi connectivity index (χ4v) is 5.06. The van der Waals surface area contributed by atoms with Crippen molar-refractivity contribution in [3.8, 4) is 0 Å². The Hall–Kier alpha value is -3.40. The number of rotatable bonds is 9. The zero-order valence-electron chi connectivity index (χ0n) is 19.5. The van der Waals surface area contributed by atoms with Crippen molar-refractivity contribution in [2.45, 2.75) is 12.8 Å². The van der Waals surface area contributed by atoms with E-state index in [1.54, 1.807) is 31.1 Å². The van der Waals surface area contributed by atoms with Crippen LogP contribution in [0.4, 0.5) is 11.6 Å². The molecule has 3 N–H and O–H groups in total. The lowest BCUT2D eigenvalue weighted by molar-refractivity contribution is -0.118. The summed E-state index contributed by atoms with van der Waals surface area (Å²) in [5.41, 5.74) is 2.61. The van der Waals surface area contributed by atoms with Crippen molar-refractivity contribution in [1.29, 1.82) is 0 Å². The van der Waals surface area contributed by atoms with E-state index < -0.39 is 0 Å². The van der Waals surface area contributed by atoms with Gasteiger partial charge < -0.3 is 20.9 Å². The van der Waals surface area contributed by atoms with Gasteiger partial charge in [-0.15, -0.1) is 0 Å². The van der Waals surface area contributed by atoms with Crippen LogP contribution in [0.2, 0.25) is 0 Å². The summed E-state index contributed by atoms with van der Waals surface area (Å²) in [6, 6.07) is 9.67. The maximum atomic E-state index is 12.4. The normalized spacial score (nSPS) is 15.1. The van der Waals surface area contributed by atoms with Crippen LogP contribution in [-0.4, -0.2) is 65.6 Å². The molecule has 9 nitrogen and oxygen atoms in total. The van der Waals surface area contributed by atoms with Gasteiger partial charge in [-0.25, -0.2) is 9.97 Å². The van der Waals surface area contributed by atoms with Crippen LogP contribution in [0.5, 0.6) is 0 Å². The van der Waals surface area contributed by atoms with Gasteiger partial charge in [-0.05, 0) is 35.5 Å². The molecule has 0 radical (unpaired) electrons. The molecule has 0 saturated carbocycles. The van der Waals surface area contributed by atoms with E-state index in [9.17, 15) is 9.59 Å². The molecule has 0 spiro atoms. The quantitative estimate of drug-likeness (QED) is 0.429. The number of nitrogens with zero attached hydrogens (tertiary/aromatic N) is 4. The summed E-state index contributed by atoms with van der Waals surface area (Å²) < 4.78 is 0. The number of carbonyl (C=O) groups excluding carboxylic acids is 2. The number of pyridine rings is 1. The molecular weight excluding hydrogens is 450 g/mol. The van der Waals surface area contributed by atoms with Crippen LogP contribution in [0, 0.1) is 5.92 Å². The Bertz CT molecular complexity index is 1190. The minimum absolute atomic E-state index is 0.00902. The molecule has 1 fully saturated rings. The van der Waals surface area contributed by atoms with Crippen molar-refractivity contribution in [2.75, 3.05) is 49.0 Å². The van der Waals surface area contributed by atoms with Crippen LogP contribution < -0.4 is 20.9 Å². The lowest BCUT2D eigenvalue weighted by Crippen LogP contribution is -2.24. The van der Waals surface area contributed by atoms with E-state index in [1.807, 2.05) is 23.1 Å². The highest BCUT2D eigenvalue weighted by molar-refractivity contribution is 7.98. The highest BCUT2D eigenvalue weighted by Crippen LogP contribution is 2.32. The van der Waals surface area contributed by atoms with Crippen molar-refractivity contribution in [2.24, 2.45) is 5.92 Å². The van der Waals surface area contributed by atoms with Gasteiger partial charge in [0.05, 0.1) is 17.7 Å². The molecule has 1 aliphatic rings. The summed E-state index contributed by atoms with van der Waals surface area (Å²) in [7, 11) is 1.64. The number of nitrogens with one attached hydrogen (secondary N) is 3. The molecule has 1 saturated heterocycles. The second-order valence-electron chi connectivity index (χ2n) is 8.28. The van der Waals surface area contributed by atoms with Crippen molar-refractivity contribution < 1.29 is 9.59 Å². The van der Waals surface area contributed by atoms with E-state index in [0.29, 0.717) is 37.1 Å². The number of hydrogen-bond acceptors (Lipinski definition) is 8. The molecule has 2 atom stereocenters. The number of aromatic nitrogens is 3. The van der Waals surface area contributed by atoms with Gasteiger partial charge >= 0.3 is 0 Å². The van der Waals surface area contributed by atoms with Gasteiger partial charge in [0.15, 0.2) is 0 Å². The smallest absolute Gasteiger partial charge is 0.251 e. The van der Waals surface area contributed by atoms with E-state index in [1.165, 1.54) is 6.33 Å². The standard InChI is InChI=1S/C24H29N7O2S/c1-15(17-5-4-6-18-19(24(33)25-2)7-8-26-23(17)18)16(12-34-3)10-27-20-9-21(29-13-28-20)31-11-22(32)30-14-31/h4-9,13,15-16H,10-12,14H2,1-3H3,(H,25,33)(H,30,32)(H,27,28,29). The third kappa shape index (κ3) is 5.06. The number of anilines is 2. The second kappa shape index (κ2) is 10.7. The van der Waals surface area contributed by atoms with Crippen molar-refractivity contribution in [3.63, 3.8) is 0 Å². The Morgan fingerprint density at radius 3 is 2.85 bits per heavy atom. The molecule has 3 aromatic rings. The summed E-state index contributed by atoms with van der Waals surface area (Å²) >= 11 is 1.80. The van der Waals surface area contributed by atoms with E-state index >= 15 is 0 Å². The molecule has 1 aromatic carbocycles. The summed E-state index contributed by atoms with van der Waals surface area (Å²) in [6.45, 7) is 3.67. The number of carbonyl (C=O) groups is 2. The Morgan fingerprint density at radius 1 is 1.26 bits per heavy atom. The number of fused-ring (bicyclic) bond motifs is 1. The highest BCUT2D eigenvalue weighted by atomic mass is 32.2. The van der Waals surface area contributed by atoms with Crippen molar-refractivity contribution in [3.05, 3.63) is 54.0 Å². The molecule has 3 heterocycles. The minimum atomic E-state index is -0.117. The molecular formula is C24H29N7O2S. The van der Waals surface area contributed by atoms with Gasteiger partial charge in [-0.2, -0.15) is 11.8 Å². The van der Waals surface area contributed by atoms with Crippen LogP contribution >= 0.6 is 11.8 Å². The topological polar surface area (TPSA) is 112 Å². The molecule has 2 aromatic heterocycles. The first-order valence-electron chi connectivity index (χ1n) is 11.2. The van der Waals surface area contributed by atoms with Gasteiger partial charge in [0.25, 0.3) is 5.91 Å². The summed E-state index contributed by atoms with van der Waals surface area (Å²) in [6.07, 6.45) is 5.32. The summed E-state index contributed by atoms with van der Waals surface area (Å²) in [5, 5.41) is 9.82. The molecule has 178 valence electrons. The molecule has 0 bridgehead atoms. The average molecular weight is 480 g/mol. The molecule has 2 amide bonds. The van der Waals surface area contributed by atoms with E-state index in [-0.39, 0.29) is 17.7 Å². The molecule has 0 aliphatic carbocycles.